The average Bonchev–Trinajstić information content (AvgIpc) is 2.60. The van der Waals surface area contributed by atoms with Gasteiger partial charge in [-0.2, -0.15) is 5.10 Å². The zero-order chi connectivity index (χ0) is 20.0. The molecular formula is C19H20BrN3O4. The maximum absolute atomic E-state index is 11.8. The van der Waals surface area contributed by atoms with Crippen LogP contribution in [-0.2, 0) is 10.2 Å². The number of nitro benzene ring substituents is 1. The Balaban J connectivity index is 1.86. The highest BCUT2D eigenvalue weighted by Crippen LogP contribution is 2.29. The van der Waals surface area contributed by atoms with Crippen LogP contribution in [0.3, 0.4) is 0 Å². The molecule has 0 spiro atoms. The summed E-state index contributed by atoms with van der Waals surface area (Å²) in [5.74, 6) is -0.111. The molecule has 1 amide bonds. The van der Waals surface area contributed by atoms with Gasteiger partial charge in [0.1, 0.15) is 5.75 Å². The lowest BCUT2D eigenvalue weighted by atomic mass is 9.87. The molecule has 0 aromatic heterocycles. The van der Waals surface area contributed by atoms with Gasteiger partial charge in [0.15, 0.2) is 6.61 Å². The van der Waals surface area contributed by atoms with Crippen LogP contribution in [0.4, 0.5) is 5.69 Å². The van der Waals surface area contributed by atoms with Crippen LogP contribution in [0.15, 0.2) is 52.0 Å². The van der Waals surface area contributed by atoms with Crippen molar-refractivity contribution in [1.82, 2.24) is 5.43 Å². The molecule has 0 unspecified atom stereocenters. The molecule has 0 bridgehead atoms. The first-order chi connectivity index (χ1) is 12.7. The Kier molecular flexibility index (Phi) is 6.68. The number of hydrogen-bond donors (Lipinski definition) is 1. The van der Waals surface area contributed by atoms with Gasteiger partial charge in [0.2, 0.25) is 0 Å². The van der Waals surface area contributed by atoms with E-state index in [0.717, 1.165) is 5.56 Å². The second-order valence-electron chi connectivity index (χ2n) is 6.83. The van der Waals surface area contributed by atoms with Crippen molar-refractivity contribution in [3.05, 3.63) is 68.2 Å². The largest absolute Gasteiger partial charge is 0.483 e. The van der Waals surface area contributed by atoms with E-state index >= 15 is 0 Å². The number of benzene rings is 2. The van der Waals surface area contributed by atoms with Crippen molar-refractivity contribution < 1.29 is 14.5 Å². The van der Waals surface area contributed by atoms with Crippen molar-refractivity contribution in [2.45, 2.75) is 26.2 Å². The monoisotopic (exact) mass is 433 g/mol. The summed E-state index contributed by atoms with van der Waals surface area (Å²) in [4.78, 5) is 22.0. The van der Waals surface area contributed by atoms with E-state index in [4.69, 9.17) is 4.74 Å². The lowest BCUT2D eigenvalue weighted by molar-refractivity contribution is -0.384. The number of nitro groups is 1. The summed E-state index contributed by atoms with van der Waals surface area (Å²) >= 11 is 3.18. The third-order valence-corrected chi connectivity index (χ3v) is 4.28. The summed E-state index contributed by atoms with van der Waals surface area (Å²) in [6, 6.07) is 12.0. The summed E-state index contributed by atoms with van der Waals surface area (Å²) in [6.07, 6.45) is 1.55. The predicted octanol–water partition coefficient (Wildman–Crippen LogP) is 4.18. The number of halogens is 1. The van der Waals surface area contributed by atoms with Gasteiger partial charge in [-0.15, -0.1) is 0 Å². The third kappa shape index (κ3) is 6.18. The highest BCUT2D eigenvalue weighted by Gasteiger charge is 2.13. The van der Waals surface area contributed by atoms with Gasteiger partial charge in [-0.25, -0.2) is 5.43 Å². The van der Waals surface area contributed by atoms with Gasteiger partial charge in [-0.1, -0.05) is 45.0 Å². The maximum Gasteiger partial charge on any atom is 0.277 e. The molecule has 7 nitrogen and oxygen atoms in total. The quantitative estimate of drug-likeness (QED) is 0.419. The van der Waals surface area contributed by atoms with E-state index in [2.05, 4.69) is 47.2 Å². The van der Waals surface area contributed by atoms with Crippen molar-refractivity contribution in [3.8, 4) is 5.75 Å². The predicted molar refractivity (Wildman–Crippen MR) is 107 cm³/mol. The van der Waals surface area contributed by atoms with Crippen LogP contribution in [0.2, 0.25) is 0 Å². The van der Waals surface area contributed by atoms with Crippen LogP contribution in [0, 0.1) is 10.1 Å². The van der Waals surface area contributed by atoms with Gasteiger partial charge >= 0.3 is 0 Å². The lowest BCUT2D eigenvalue weighted by Gasteiger charge is -2.18. The highest BCUT2D eigenvalue weighted by molar-refractivity contribution is 9.10. The van der Waals surface area contributed by atoms with E-state index in [-0.39, 0.29) is 17.7 Å². The molecule has 0 aliphatic carbocycles. The fourth-order valence-corrected chi connectivity index (χ4v) is 2.63. The molecule has 0 saturated heterocycles. The molecule has 2 aromatic carbocycles. The first-order valence-electron chi connectivity index (χ1n) is 8.16. The smallest absolute Gasteiger partial charge is 0.277 e. The Morgan fingerprint density at radius 3 is 2.48 bits per heavy atom. The molecule has 0 saturated carbocycles. The minimum absolute atomic E-state index is 0.0687. The molecule has 2 aromatic rings. The number of ether oxygens (including phenoxy) is 1. The Bertz CT molecular complexity index is 858. The molecule has 0 radical (unpaired) electrons. The van der Waals surface area contributed by atoms with Crippen LogP contribution >= 0.6 is 15.9 Å². The first-order valence-corrected chi connectivity index (χ1v) is 8.95. The van der Waals surface area contributed by atoms with E-state index in [1.165, 1.54) is 23.8 Å². The number of nitrogens with zero attached hydrogens (tertiary/aromatic N) is 2. The number of rotatable bonds is 6. The Hall–Kier alpha value is -2.74. The second kappa shape index (κ2) is 8.77. The summed E-state index contributed by atoms with van der Waals surface area (Å²) < 4.78 is 5.73. The average molecular weight is 434 g/mol. The molecule has 0 heterocycles. The number of non-ortho nitro benzene ring substituents is 1. The summed E-state index contributed by atoms with van der Waals surface area (Å²) in [5.41, 5.74) is 4.46. The molecule has 2 rings (SSSR count). The van der Waals surface area contributed by atoms with Crippen molar-refractivity contribution in [2.75, 3.05) is 6.61 Å². The lowest BCUT2D eigenvalue weighted by Crippen LogP contribution is -2.24. The van der Waals surface area contributed by atoms with E-state index < -0.39 is 10.8 Å². The number of carbonyl (C=O) groups is 1. The zero-order valence-corrected chi connectivity index (χ0v) is 16.8. The van der Waals surface area contributed by atoms with Crippen LogP contribution < -0.4 is 10.2 Å². The van der Waals surface area contributed by atoms with Gasteiger partial charge < -0.3 is 4.74 Å². The van der Waals surface area contributed by atoms with E-state index in [1.54, 1.807) is 6.21 Å². The molecule has 8 heteroatoms. The number of hydrazone groups is 1. The van der Waals surface area contributed by atoms with Crippen LogP contribution in [-0.4, -0.2) is 23.7 Å². The number of hydrogen-bond acceptors (Lipinski definition) is 5. The normalized spacial score (nSPS) is 11.4. The molecular weight excluding hydrogens is 414 g/mol. The molecule has 0 aliphatic rings. The fraction of sp³-hybridized carbons (Fsp3) is 0.263. The minimum Gasteiger partial charge on any atom is -0.483 e. The van der Waals surface area contributed by atoms with Crippen molar-refractivity contribution >= 4 is 33.7 Å². The topological polar surface area (TPSA) is 93.8 Å². The Morgan fingerprint density at radius 2 is 1.93 bits per heavy atom. The van der Waals surface area contributed by atoms with Gasteiger partial charge in [0.05, 0.1) is 15.6 Å². The molecule has 0 fully saturated rings. The van der Waals surface area contributed by atoms with Gasteiger partial charge in [0, 0.05) is 12.1 Å². The minimum atomic E-state index is -0.510. The number of amides is 1. The molecule has 0 atom stereocenters. The van der Waals surface area contributed by atoms with Crippen LogP contribution in [0.5, 0.6) is 5.75 Å². The molecule has 0 aliphatic heterocycles. The summed E-state index contributed by atoms with van der Waals surface area (Å²) in [6.45, 7) is 6.15. The van der Waals surface area contributed by atoms with Crippen molar-refractivity contribution in [1.29, 1.82) is 0 Å². The zero-order valence-electron chi connectivity index (χ0n) is 15.2. The van der Waals surface area contributed by atoms with Crippen LogP contribution in [0.25, 0.3) is 0 Å². The number of carbonyl (C=O) groups excluding carboxylic acids is 1. The molecule has 1 N–H and O–H groups in total. The summed E-state index contributed by atoms with van der Waals surface area (Å²) in [7, 11) is 0. The van der Waals surface area contributed by atoms with Crippen molar-refractivity contribution in [2.24, 2.45) is 5.10 Å². The van der Waals surface area contributed by atoms with E-state index in [9.17, 15) is 14.9 Å². The second-order valence-corrected chi connectivity index (χ2v) is 7.68. The van der Waals surface area contributed by atoms with E-state index in [0.29, 0.717) is 10.2 Å². The first kappa shape index (κ1) is 20.6. The van der Waals surface area contributed by atoms with Gasteiger partial charge in [-0.3, -0.25) is 14.9 Å². The maximum atomic E-state index is 11.8. The Morgan fingerprint density at radius 1 is 1.26 bits per heavy atom. The Labute approximate surface area is 165 Å². The van der Waals surface area contributed by atoms with E-state index in [1.807, 2.05) is 24.3 Å². The standard InChI is InChI=1S/C19H20BrN3O4/c1-19(2,3)14-6-4-13(5-7-14)11-21-22-18(24)12-27-17-9-8-15(23(25)26)10-16(17)20/h4-11H,12H2,1-3H3,(H,22,24). The summed E-state index contributed by atoms with van der Waals surface area (Å²) in [5, 5.41) is 14.6. The van der Waals surface area contributed by atoms with Gasteiger partial charge in [0.25, 0.3) is 11.6 Å². The molecule has 142 valence electrons. The molecule has 27 heavy (non-hydrogen) atoms. The van der Waals surface area contributed by atoms with Gasteiger partial charge in [-0.05, 0) is 38.5 Å². The third-order valence-electron chi connectivity index (χ3n) is 3.66. The number of nitrogens with one attached hydrogen (secondary N) is 1. The fourth-order valence-electron chi connectivity index (χ4n) is 2.14. The van der Waals surface area contributed by atoms with Crippen molar-refractivity contribution in [3.63, 3.8) is 0 Å². The van der Waals surface area contributed by atoms with Crippen LogP contribution in [0.1, 0.15) is 31.9 Å². The highest BCUT2D eigenvalue weighted by atomic mass is 79.9. The SMILES string of the molecule is CC(C)(C)c1ccc(C=NNC(=O)COc2ccc([N+](=O)[O-])cc2Br)cc1.